The van der Waals surface area contributed by atoms with Crippen LogP contribution in [0.3, 0.4) is 0 Å². The molecule has 0 saturated heterocycles. The summed E-state index contributed by atoms with van der Waals surface area (Å²) >= 11 is 0. The number of carboxylic acid groups (broad SMARTS) is 2. The second kappa shape index (κ2) is 6.17. The van der Waals surface area contributed by atoms with Crippen molar-refractivity contribution in [2.45, 2.75) is 26.4 Å². The van der Waals surface area contributed by atoms with Crippen molar-refractivity contribution in [2.75, 3.05) is 0 Å². The van der Waals surface area contributed by atoms with Gasteiger partial charge < -0.3 is 10.2 Å². The highest BCUT2D eigenvalue weighted by Crippen LogP contribution is 2.34. The first-order chi connectivity index (χ1) is 10.0. The molecule has 0 saturated carbocycles. The number of hydrogen-bond acceptors (Lipinski definition) is 3. The van der Waals surface area contributed by atoms with Crippen molar-refractivity contribution in [3.05, 3.63) is 34.4 Å². The molecular weight excluding hydrogens is 305 g/mol. The Kier molecular flexibility index (Phi) is 4.95. The average Bonchev–Trinajstić information content (AvgIpc) is 2.36. The predicted molar refractivity (Wildman–Crippen MR) is 68.9 cm³/mol. The molecule has 8 heteroatoms. The molecule has 0 aliphatic rings. The van der Waals surface area contributed by atoms with Gasteiger partial charge in [0, 0.05) is 5.56 Å². The van der Waals surface area contributed by atoms with Gasteiger partial charge in [0.2, 0.25) is 0 Å². The maximum Gasteiger partial charge on any atom is 0.416 e. The largest absolute Gasteiger partial charge is 0.481 e. The number of ketones is 1. The van der Waals surface area contributed by atoms with E-state index in [2.05, 4.69) is 0 Å². The number of halogens is 3. The van der Waals surface area contributed by atoms with E-state index in [-0.39, 0.29) is 6.42 Å². The van der Waals surface area contributed by atoms with Gasteiger partial charge in [-0.2, -0.15) is 13.2 Å². The van der Waals surface area contributed by atoms with E-state index < -0.39 is 52.1 Å². The summed E-state index contributed by atoms with van der Waals surface area (Å²) in [6, 6.07) is 1.30. The van der Waals surface area contributed by atoms with E-state index in [0.29, 0.717) is 12.1 Å². The van der Waals surface area contributed by atoms with Crippen molar-refractivity contribution < 1.29 is 37.8 Å². The fraction of sp³-hybridized carbons (Fsp3) is 0.357. The molecule has 5 nitrogen and oxygen atoms in total. The minimum Gasteiger partial charge on any atom is -0.481 e. The third kappa shape index (κ3) is 3.26. The Morgan fingerprint density at radius 2 is 1.73 bits per heavy atom. The summed E-state index contributed by atoms with van der Waals surface area (Å²) in [5.74, 6) is -5.70. The molecule has 0 aromatic heterocycles. The smallest absolute Gasteiger partial charge is 0.416 e. The van der Waals surface area contributed by atoms with Crippen LogP contribution in [0.15, 0.2) is 12.1 Å². The Bertz CT molecular complexity index is 634. The topological polar surface area (TPSA) is 91.7 Å². The Balaban J connectivity index is 3.57. The van der Waals surface area contributed by atoms with Crippen LogP contribution in [0.2, 0.25) is 0 Å². The molecule has 0 amide bonds. The van der Waals surface area contributed by atoms with Gasteiger partial charge in [-0.25, -0.2) is 4.79 Å². The molecule has 1 unspecified atom stereocenters. The van der Waals surface area contributed by atoms with Gasteiger partial charge in [0.15, 0.2) is 5.78 Å². The van der Waals surface area contributed by atoms with Crippen molar-refractivity contribution in [3.8, 4) is 0 Å². The van der Waals surface area contributed by atoms with Crippen molar-refractivity contribution >= 4 is 17.7 Å². The molecule has 0 bridgehead atoms. The summed E-state index contributed by atoms with van der Waals surface area (Å²) < 4.78 is 38.4. The zero-order valence-corrected chi connectivity index (χ0v) is 11.7. The van der Waals surface area contributed by atoms with Gasteiger partial charge in [-0.3, -0.25) is 9.59 Å². The van der Waals surface area contributed by atoms with Crippen LogP contribution < -0.4 is 0 Å². The number of alkyl halides is 3. The highest BCUT2D eigenvalue weighted by molar-refractivity contribution is 6.13. The second-order valence-corrected chi connectivity index (χ2v) is 4.63. The molecule has 0 aliphatic carbocycles. The molecule has 1 atom stereocenters. The molecule has 0 radical (unpaired) electrons. The molecule has 0 aliphatic heterocycles. The SMILES string of the molecule is CCC(C(=O)O)C(=O)c1ccc(C(F)(F)F)c(C)c1C(=O)O. The van der Waals surface area contributed by atoms with Crippen LogP contribution >= 0.6 is 0 Å². The molecular formula is C14H13F3O5. The van der Waals surface area contributed by atoms with Crippen molar-refractivity contribution in [1.82, 2.24) is 0 Å². The van der Waals surface area contributed by atoms with Crippen molar-refractivity contribution in [2.24, 2.45) is 5.92 Å². The highest BCUT2D eigenvalue weighted by atomic mass is 19.4. The molecule has 120 valence electrons. The molecule has 2 N–H and O–H groups in total. The number of aliphatic carboxylic acids is 1. The lowest BCUT2D eigenvalue weighted by Crippen LogP contribution is -2.26. The van der Waals surface area contributed by atoms with E-state index in [1.54, 1.807) is 0 Å². The van der Waals surface area contributed by atoms with Crippen LogP contribution in [0.5, 0.6) is 0 Å². The van der Waals surface area contributed by atoms with Gasteiger partial charge in [0.1, 0.15) is 5.92 Å². The van der Waals surface area contributed by atoms with Gasteiger partial charge in [-0.1, -0.05) is 6.92 Å². The van der Waals surface area contributed by atoms with E-state index >= 15 is 0 Å². The average molecular weight is 318 g/mol. The third-order valence-electron chi connectivity index (χ3n) is 3.27. The lowest BCUT2D eigenvalue weighted by molar-refractivity contribution is -0.140. The summed E-state index contributed by atoms with van der Waals surface area (Å²) in [5, 5.41) is 18.1. The number of aromatic carboxylic acids is 1. The standard InChI is InChI=1S/C14H13F3O5/c1-3-7(12(19)20)11(18)8-4-5-9(14(15,16)17)6(2)10(8)13(21)22/h4-5,7H,3H2,1-2H3,(H,19,20)(H,21,22). The maximum atomic E-state index is 12.8. The summed E-state index contributed by atoms with van der Waals surface area (Å²) in [7, 11) is 0. The maximum absolute atomic E-state index is 12.8. The summed E-state index contributed by atoms with van der Waals surface area (Å²) in [5.41, 5.74) is -3.15. The number of hydrogen-bond donors (Lipinski definition) is 2. The molecule has 1 aromatic rings. The van der Waals surface area contributed by atoms with Crippen LogP contribution in [0.4, 0.5) is 13.2 Å². The van der Waals surface area contributed by atoms with Crippen LogP contribution in [0.1, 0.15) is 45.2 Å². The molecule has 0 fully saturated rings. The normalized spacial score (nSPS) is 12.8. The highest BCUT2D eigenvalue weighted by Gasteiger charge is 2.37. The first-order valence-electron chi connectivity index (χ1n) is 6.23. The summed E-state index contributed by atoms with van der Waals surface area (Å²) in [6.45, 7) is 2.35. The van der Waals surface area contributed by atoms with E-state index in [0.717, 1.165) is 6.92 Å². The van der Waals surface area contributed by atoms with Gasteiger partial charge in [-0.15, -0.1) is 0 Å². The molecule has 1 aromatic carbocycles. The Morgan fingerprint density at radius 1 is 1.18 bits per heavy atom. The number of Topliss-reactive ketones (excluding diaryl/α,β-unsaturated/α-hetero) is 1. The first kappa shape index (κ1) is 17.7. The number of carboxylic acids is 2. The number of benzene rings is 1. The van der Waals surface area contributed by atoms with Gasteiger partial charge in [0.25, 0.3) is 0 Å². The van der Waals surface area contributed by atoms with Gasteiger partial charge >= 0.3 is 18.1 Å². The fourth-order valence-corrected chi connectivity index (χ4v) is 2.16. The molecule has 1 rings (SSSR count). The number of carbonyl (C=O) groups is 3. The Morgan fingerprint density at radius 3 is 2.09 bits per heavy atom. The first-order valence-corrected chi connectivity index (χ1v) is 6.23. The van der Waals surface area contributed by atoms with Crippen LogP contribution in [0.25, 0.3) is 0 Å². The molecule has 0 heterocycles. The van der Waals surface area contributed by atoms with E-state index in [4.69, 9.17) is 10.2 Å². The number of rotatable bonds is 5. The second-order valence-electron chi connectivity index (χ2n) is 4.63. The summed E-state index contributed by atoms with van der Waals surface area (Å²) in [6.07, 6.45) is -4.87. The zero-order chi connectivity index (χ0) is 17.2. The van der Waals surface area contributed by atoms with Gasteiger partial charge in [0.05, 0.1) is 11.1 Å². The van der Waals surface area contributed by atoms with Gasteiger partial charge in [-0.05, 0) is 31.0 Å². The van der Waals surface area contributed by atoms with E-state index in [1.807, 2.05) is 0 Å². The Labute approximate surface area is 123 Å². The van der Waals surface area contributed by atoms with Crippen LogP contribution in [-0.4, -0.2) is 27.9 Å². The quantitative estimate of drug-likeness (QED) is 0.643. The monoisotopic (exact) mass is 318 g/mol. The lowest BCUT2D eigenvalue weighted by Gasteiger charge is -2.16. The van der Waals surface area contributed by atoms with Crippen molar-refractivity contribution in [3.63, 3.8) is 0 Å². The molecule has 22 heavy (non-hydrogen) atoms. The van der Waals surface area contributed by atoms with E-state index in [1.165, 1.54) is 6.92 Å². The van der Waals surface area contributed by atoms with Crippen molar-refractivity contribution in [1.29, 1.82) is 0 Å². The Hall–Kier alpha value is -2.38. The summed E-state index contributed by atoms with van der Waals surface area (Å²) in [4.78, 5) is 34.4. The van der Waals surface area contributed by atoms with E-state index in [9.17, 15) is 27.6 Å². The minimum atomic E-state index is -4.77. The minimum absolute atomic E-state index is 0.104. The fourth-order valence-electron chi connectivity index (χ4n) is 2.16. The zero-order valence-electron chi connectivity index (χ0n) is 11.7. The number of carbonyl (C=O) groups excluding carboxylic acids is 1. The molecule has 0 spiro atoms. The van der Waals surface area contributed by atoms with Crippen LogP contribution in [-0.2, 0) is 11.0 Å². The lowest BCUT2D eigenvalue weighted by atomic mass is 9.88. The predicted octanol–water partition coefficient (Wildman–Crippen LogP) is 3.01. The van der Waals surface area contributed by atoms with Crippen LogP contribution in [0, 0.1) is 12.8 Å². The third-order valence-corrected chi connectivity index (χ3v) is 3.27.